The fraction of sp³-hybridized carbons (Fsp3) is 0.583. The first kappa shape index (κ1) is 19.7. The normalized spacial score (nSPS) is 35.1. The van der Waals surface area contributed by atoms with Crippen molar-refractivity contribution in [2.24, 2.45) is 17.8 Å². The third-order valence-corrected chi connectivity index (χ3v) is 7.86. The van der Waals surface area contributed by atoms with Crippen LogP contribution in [-0.2, 0) is 4.74 Å². The molecule has 2 aromatic rings. The highest BCUT2D eigenvalue weighted by Gasteiger charge is 2.56. The van der Waals surface area contributed by atoms with E-state index in [1.54, 1.807) is 29.3 Å². The zero-order chi connectivity index (χ0) is 21.9. The number of carbonyl (C=O) groups is 1. The van der Waals surface area contributed by atoms with Crippen LogP contribution in [0.5, 0.6) is 0 Å². The molecule has 0 spiro atoms. The summed E-state index contributed by atoms with van der Waals surface area (Å²) >= 11 is 0. The lowest BCUT2D eigenvalue weighted by molar-refractivity contribution is -0.177. The number of amides is 1. The predicted molar refractivity (Wildman–Crippen MR) is 117 cm³/mol. The number of fused-ring (bicyclic) bond motifs is 1. The molecule has 3 atom stereocenters. The Balaban J connectivity index is 1.07. The molecule has 4 aliphatic carbocycles. The Labute approximate surface area is 186 Å². The van der Waals surface area contributed by atoms with Crippen molar-refractivity contribution >= 4 is 22.9 Å². The van der Waals surface area contributed by atoms with Crippen LogP contribution in [0, 0.1) is 29.1 Å². The molecule has 4 bridgehead atoms. The van der Waals surface area contributed by atoms with Crippen molar-refractivity contribution in [3.8, 4) is 6.07 Å². The van der Waals surface area contributed by atoms with E-state index in [9.17, 15) is 9.90 Å². The Bertz CT molecular complexity index is 1100. The van der Waals surface area contributed by atoms with Crippen LogP contribution in [-0.4, -0.2) is 56.9 Å². The van der Waals surface area contributed by atoms with Crippen LogP contribution in [0.1, 0.15) is 44.1 Å². The molecule has 8 nitrogen and oxygen atoms in total. The SMILES string of the molecule is N#Cc1ccc2nc(NC3CCN(C(=O)OC4[C@@H]5CC6C[C@@H]4CC(O)(C6)C5)C3)cnc2c1. The molecule has 5 aliphatic rings. The first-order chi connectivity index (χ1) is 15.5. The lowest BCUT2D eigenvalue weighted by Gasteiger charge is -2.57. The molecule has 1 unspecified atom stereocenters. The number of nitrogens with zero attached hydrogens (tertiary/aromatic N) is 4. The maximum atomic E-state index is 12.9. The van der Waals surface area contributed by atoms with Crippen LogP contribution < -0.4 is 5.32 Å². The first-order valence-electron chi connectivity index (χ1n) is 11.6. The number of likely N-dealkylation sites (tertiary alicyclic amines) is 1. The van der Waals surface area contributed by atoms with E-state index >= 15 is 0 Å². The molecule has 0 radical (unpaired) electrons. The van der Waals surface area contributed by atoms with Crippen LogP contribution in [0.3, 0.4) is 0 Å². The van der Waals surface area contributed by atoms with Crippen LogP contribution in [0.4, 0.5) is 10.6 Å². The zero-order valence-electron chi connectivity index (χ0n) is 17.9. The predicted octanol–water partition coefficient (Wildman–Crippen LogP) is 3.06. The van der Waals surface area contributed by atoms with Gasteiger partial charge in [0.2, 0.25) is 0 Å². The van der Waals surface area contributed by atoms with Crippen LogP contribution in [0.2, 0.25) is 0 Å². The average Bonchev–Trinajstić information content (AvgIpc) is 3.23. The van der Waals surface area contributed by atoms with Gasteiger partial charge in [0.1, 0.15) is 11.9 Å². The van der Waals surface area contributed by atoms with Crippen molar-refractivity contribution in [3.05, 3.63) is 30.0 Å². The van der Waals surface area contributed by atoms with E-state index in [1.807, 2.05) is 0 Å². The summed E-state index contributed by atoms with van der Waals surface area (Å²) in [5, 5.41) is 23.2. The topological polar surface area (TPSA) is 111 Å². The summed E-state index contributed by atoms with van der Waals surface area (Å²) in [7, 11) is 0. The van der Waals surface area contributed by atoms with Crippen molar-refractivity contribution in [1.29, 1.82) is 5.26 Å². The zero-order valence-corrected chi connectivity index (χ0v) is 17.9. The van der Waals surface area contributed by atoms with E-state index in [2.05, 4.69) is 21.4 Å². The molecule has 7 rings (SSSR count). The highest BCUT2D eigenvalue weighted by molar-refractivity contribution is 5.77. The number of anilines is 1. The van der Waals surface area contributed by atoms with Crippen molar-refractivity contribution in [2.75, 3.05) is 18.4 Å². The van der Waals surface area contributed by atoms with Gasteiger partial charge in [-0.05, 0) is 74.5 Å². The molecule has 2 heterocycles. The molecular formula is C24H27N5O3. The number of aromatic nitrogens is 2. The van der Waals surface area contributed by atoms with Gasteiger partial charge in [-0.2, -0.15) is 5.26 Å². The minimum absolute atomic E-state index is 0.0454. The largest absolute Gasteiger partial charge is 0.446 e. The third kappa shape index (κ3) is 3.45. The monoisotopic (exact) mass is 433 g/mol. The Morgan fingerprint density at radius 2 is 2.06 bits per heavy atom. The Kier molecular flexibility index (Phi) is 4.51. The van der Waals surface area contributed by atoms with Gasteiger partial charge in [0.15, 0.2) is 0 Å². The van der Waals surface area contributed by atoms with Gasteiger partial charge in [-0.25, -0.2) is 9.78 Å². The Morgan fingerprint density at radius 1 is 1.25 bits per heavy atom. The quantitative estimate of drug-likeness (QED) is 0.765. The average molecular weight is 434 g/mol. The fourth-order valence-electron chi connectivity index (χ4n) is 6.72. The second-order valence-corrected chi connectivity index (χ2v) is 10.2. The van der Waals surface area contributed by atoms with Gasteiger partial charge in [0, 0.05) is 19.1 Å². The number of benzene rings is 1. The molecule has 166 valence electrons. The second kappa shape index (κ2) is 7.31. The summed E-state index contributed by atoms with van der Waals surface area (Å²) in [5.41, 5.74) is 1.46. The van der Waals surface area contributed by atoms with Crippen molar-refractivity contribution < 1.29 is 14.6 Å². The van der Waals surface area contributed by atoms with Gasteiger partial charge in [-0.1, -0.05) is 0 Å². The van der Waals surface area contributed by atoms with Gasteiger partial charge in [-0.15, -0.1) is 0 Å². The van der Waals surface area contributed by atoms with Crippen molar-refractivity contribution in [1.82, 2.24) is 14.9 Å². The minimum Gasteiger partial charge on any atom is -0.446 e. The lowest BCUT2D eigenvalue weighted by atomic mass is 9.53. The summed E-state index contributed by atoms with van der Waals surface area (Å²) < 4.78 is 6.03. The van der Waals surface area contributed by atoms with E-state index in [0.717, 1.165) is 44.0 Å². The van der Waals surface area contributed by atoms with E-state index in [4.69, 9.17) is 10.00 Å². The van der Waals surface area contributed by atoms with Gasteiger partial charge in [0.25, 0.3) is 0 Å². The summed E-state index contributed by atoms with van der Waals surface area (Å²) in [6.45, 7) is 1.22. The Morgan fingerprint density at radius 3 is 2.81 bits per heavy atom. The third-order valence-electron chi connectivity index (χ3n) is 7.86. The highest BCUT2D eigenvalue weighted by atomic mass is 16.6. The number of nitriles is 1. The molecule has 1 saturated heterocycles. The maximum Gasteiger partial charge on any atom is 0.410 e. The molecule has 4 saturated carbocycles. The summed E-state index contributed by atoms with van der Waals surface area (Å²) in [4.78, 5) is 23.7. The molecule has 2 N–H and O–H groups in total. The van der Waals surface area contributed by atoms with Gasteiger partial charge >= 0.3 is 6.09 Å². The van der Waals surface area contributed by atoms with Gasteiger partial charge in [-0.3, -0.25) is 4.98 Å². The van der Waals surface area contributed by atoms with E-state index in [0.29, 0.717) is 47.7 Å². The first-order valence-corrected chi connectivity index (χ1v) is 11.6. The van der Waals surface area contributed by atoms with Gasteiger partial charge in [0.05, 0.1) is 34.5 Å². The highest BCUT2D eigenvalue weighted by Crippen LogP contribution is 2.56. The standard InChI is InChI=1S/C24H27N5O3/c25-11-14-1-2-19-20(7-14)26-12-21(28-19)27-18-3-4-29(13-18)23(30)32-22-16-5-15-6-17(22)10-24(31,8-15)9-16/h1-2,7,12,15-18,22,31H,3-6,8-10,13H2,(H,27,28)/t15?,16-,17-,18?,22?,24?/m1/s1. The molecule has 1 aromatic carbocycles. The van der Waals surface area contributed by atoms with Crippen molar-refractivity contribution in [2.45, 2.75) is 56.3 Å². The minimum atomic E-state index is -0.515. The van der Waals surface area contributed by atoms with Crippen LogP contribution in [0.15, 0.2) is 24.4 Å². The molecule has 1 amide bonds. The molecule has 1 aromatic heterocycles. The van der Waals surface area contributed by atoms with E-state index in [1.165, 1.54) is 0 Å². The smallest absolute Gasteiger partial charge is 0.410 e. The number of aliphatic hydroxyl groups is 1. The number of carbonyl (C=O) groups excluding carboxylic acids is 1. The Hall–Kier alpha value is -2.92. The second-order valence-electron chi connectivity index (χ2n) is 10.2. The summed E-state index contributed by atoms with van der Waals surface area (Å²) in [5.74, 6) is 1.88. The van der Waals surface area contributed by atoms with Crippen molar-refractivity contribution in [3.63, 3.8) is 0 Å². The maximum absolute atomic E-state index is 12.9. The molecule has 8 heteroatoms. The number of rotatable bonds is 3. The summed E-state index contributed by atoms with van der Waals surface area (Å²) in [6, 6.07) is 7.46. The number of hydrogen-bond acceptors (Lipinski definition) is 7. The number of hydrogen-bond donors (Lipinski definition) is 2. The number of nitrogens with one attached hydrogen (secondary N) is 1. The molecular weight excluding hydrogens is 406 g/mol. The van der Waals surface area contributed by atoms with Gasteiger partial charge < -0.3 is 20.1 Å². The van der Waals surface area contributed by atoms with E-state index in [-0.39, 0.29) is 18.2 Å². The lowest BCUT2D eigenvalue weighted by Crippen LogP contribution is -2.58. The van der Waals surface area contributed by atoms with Crippen LogP contribution in [0.25, 0.3) is 11.0 Å². The summed E-state index contributed by atoms with van der Waals surface area (Å²) in [6.07, 6.45) is 6.86. The van der Waals surface area contributed by atoms with E-state index < -0.39 is 5.60 Å². The molecule has 32 heavy (non-hydrogen) atoms. The van der Waals surface area contributed by atoms with Crippen LogP contribution >= 0.6 is 0 Å². The molecule has 5 fully saturated rings. The molecule has 1 aliphatic heterocycles. The number of ether oxygens (including phenoxy) is 1. The fourth-order valence-corrected chi connectivity index (χ4v) is 6.72.